The number of benzene rings is 12. The fraction of sp³-hybridized carbons (Fsp3) is 0.182. The van der Waals surface area contributed by atoms with Crippen molar-refractivity contribution in [1.82, 2.24) is 0 Å². The second-order valence-corrected chi connectivity index (χ2v) is 32.0. The number of hydrogen-bond acceptors (Lipinski definition) is 0. The van der Waals surface area contributed by atoms with Gasteiger partial charge in [-0.25, -0.2) is 0 Å². The van der Waals surface area contributed by atoms with Crippen molar-refractivity contribution in [3.05, 3.63) is 332 Å². The van der Waals surface area contributed by atoms with E-state index >= 15 is 0 Å². The highest BCUT2D eigenvalue weighted by atomic mass is 19.5. The van der Waals surface area contributed by atoms with E-state index in [9.17, 15) is 211 Å². The first-order valence-electron chi connectivity index (χ1n) is 38.8. The molecule has 0 heterocycles. The van der Waals surface area contributed by atoms with Crippen molar-refractivity contribution in [3.63, 3.8) is 0 Å². The molecule has 0 spiro atoms. The van der Waals surface area contributed by atoms with E-state index in [2.05, 4.69) is 0 Å². The monoisotopic (exact) mass is 2060 g/mol. The Labute approximate surface area is 759 Å². The molecule has 0 fully saturated rings. The van der Waals surface area contributed by atoms with Crippen LogP contribution in [0, 0.1) is 0 Å². The molecule has 0 unspecified atom stereocenters. The zero-order valence-corrected chi connectivity index (χ0v) is 68.1. The van der Waals surface area contributed by atoms with Gasteiger partial charge in [0, 0.05) is 0 Å². The molecule has 0 aliphatic heterocycles. The molecule has 12 aromatic carbocycles. The molecule has 0 aromatic heterocycles. The lowest BCUT2D eigenvalue weighted by atomic mass is 9.12. The van der Waals surface area contributed by atoms with Crippen LogP contribution in [0.1, 0.15) is 89.0 Å². The van der Waals surface area contributed by atoms with Crippen molar-refractivity contribution in [3.8, 4) is 0 Å². The summed E-state index contributed by atoms with van der Waals surface area (Å²) in [7, 11) is 0. The second-order valence-electron chi connectivity index (χ2n) is 32.0. The van der Waals surface area contributed by atoms with Gasteiger partial charge in [0.05, 0.1) is 89.0 Å². The highest BCUT2D eigenvalue weighted by Gasteiger charge is 2.50. The van der Waals surface area contributed by atoms with Gasteiger partial charge in [0.2, 0.25) is 26.9 Å². The highest BCUT2D eigenvalue weighted by molar-refractivity contribution is 7.20. The average Bonchev–Trinajstić information content (AvgIpc) is 0.719. The summed E-state index contributed by atoms with van der Waals surface area (Å²) in [5, 5.41) is 0. The first-order chi connectivity index (χ1) is 63.9. The van der Waals surface area contributed by atoms with Crippen LogP contribution < -0.4 is 87.4 Å². The molecule has 12 rings (SSSR count). The van der Waals surface area contributed by atoms with Gasteiger partial charge in [-0.15, -0.1) is 0 Å². The lowest BCUT2D eigenvalue weighted by molar-refractivity contribution is -0.144. The van der Waals surface area contributed by atoms with Crippen molar-refractivity contribution < 1.29 is 211 Å². The topological polar surface area (TPSA) is 0 Å². The molecular formula is C88H40B5F48-. The van der Waals surface area contributed by atoms with Gasteiger partial charge in [-0.2, -0.15) is 233 Å². The largest absolute Gasteiger partial charge is 0.416 e. The van der Waals surface area contributed by atoms with Crippen LogP contribution in [0.3, 0.4) is 0 Å². The summed E-state index contributed by atoms with van der Waals surface area (Å²) in [4.78, 5) is 0. The third kappa shape index (κ3) is 23.7. The molecule has 0 saturated heterocycles. The third-order valence-electron chi connectivity index (χ3n) is 22.6. The highest BCUT2D eigenvalue weighted by Crippen LogP contribution is 2.45. The Kier molecular flexibility index (Phi) is 27.6. The Hall–Kier alpha value is -12.4. The maximum Gasteiger partial charge on any atom is 0.416 e. The zero-order valence-electron chi connectivity index (χ0n) is 68.1. The van der Waals surface area contributed by atoms with E-state index in [4.69, 9.17) is 0 Å². The fourth-order valence-electron chi connectivity index (χ4n) is 16.5. The Balaban J connectivity index is 1.31. The van der Waals surface area contributed by atoms with Crippen molar-refractivity contribution >= 4 is 120 Å². The van der Waals surface area contributed by atoms with Crippen LogP contribution in [-0.4, -0.2) is 33.0 Å². The zero-order chi connectivity index (χ0) is 106. The van der Waals surface area contributed by atoms with Crippen LogP contribution >= 0.6 is 0 Å². The Morgan fingerprint density at radius 2 is 0.184 bits per heavy atom. The molecule has 744 valence electrons. The summed E-state index contributed by atoms with van der Waals surface area (Å²) >= 11 is 0. The van der Waals surface area contributed by atoms with Crippen LogP contribution in [0.2, 0.25) is 0 Å². The molecule has 0 saturated carbocycles. The predicted octanol–water partition coefficient (Wildman–Crippen LogP) is 21.4. The van der Waals surface area contributed by atoms with E-state index in [0.717, 1.165) is 0 Å². The molecular weight excluding hydrogens is 2020 g/mol. The molecule has 0 atom stereocenters. The lowest BCUT2D eigenvalue weighted by Crippen LogP contribution is -2.75. The molecule has 0 aliphatic carbocycles. The van der Waals surface area contributed by atoms with Crippen LogP contribution in [0.25, 0.3) is 0 Å². The van der Waals surface area contributed by atoms with Crippen LogP contribution in [0.4, 0.5) is 211 Å². The van der Waals surface area contributed by atoms with Crippen LogP contribution in [0.15, 0.2) is 243 Å². The standard InChI is InChI=1S/C88H40B5F48/c94-73(95,96)41-17-42(74(97,98)99)26-61(25-41)89(62-27-43(75(100,101)102)18-44(28-62)76(103,104)105)57-1-9-69(10-2-57)93(70-11-3-58(4-12-70)90(63-29-45(77(106,107)108)19-46(30-63)78(109,110)111)64-31-47(79(112,113)114)20-48(32-64)80(115,116)117,71-13-5-59(6-14-71)91(65-33-49(81(118,119)120)21-50(34-65)82(121,122)123)66-35-51(83(124,125)126)22-52(36-66)84(127,128)129)72-15-7-60(8-16-72)92(67-37-53(85(130,131)132)23-54(38-67)86(133,134)135)68-39-55(87(136,137)138)24-56(40-68)88(139,140)141/h1-40H/q-1. The van der Waals surface area contributed by atoms with E-state index in [1.54, 1.807) is 0 Å². The number of halogens is 48. The number of hydrogen-bond donors (Lipinski definition) is 0. The summed E-state index contributed by atoms with van der Waals surface area (Å²) in [6, 6.07) is -3.23. The van der Waals surface area contributed by atoms with Crippen molar-refractivity contribution in [1.29, 1.82) is 0 Å². The molecule has 0 N–H and O–H groups in total. The Morgan fingerprint density at radius 1 is 0.106 bits per heavy atom. The minimum absolute atomic E-state index is 0.278. The van der Waals surface area contributed by atoms with Crippen molar-refractivity contribution in [2.45, 2.75) is 98.8 Å². The van der Waals surface area contributed by atoms with Gasteiger partial charge in [-0.3, -0.25) is 0 Å². The molecule has 0 aliphatic rings. The minimum atomic E-state index is -6.02. The van der Waals surface area contributed by atoms with Gasteiger partial charge in [0.15, 0.2) is 0 Å². The summed E-state index contributed by atoms with van der Waals surface area (Å²) < 4.78 is 719. The second kappa shape index (κ2) is 36.2. The van der Waals surface area contributed by atoms with Gasteiger partial charge < -0.3 is 0 Å². The Bertz CT molecular complexity index is 5260. The molecule has 0 nitrogen and oxygen atoms in total. The maximum absolute atomic E-state index is 15.0. The summed E-state index contributed by atoms with van der Waals surface area (Å²) in [5.41, 5.74) is -59.8. The predicted molar refractivity (Wildman–Crippen MR) is 420 cm³/mol. The van der Waals surface area contributed by atoms with E-state index in [1.807, 2.05) is 0 Å². The molecule has 0 amide bonds. The summed E-state index contributed by atoms with van der Waals surface area (Å²) in [6.07, 6.45) is -101. The van der Waals surface area contributed by atoms with Gasteiger partial charge >= 0.3 is 98.8 Å². The summed E-state index contributed by atoms with van der Waals surface area (Å²) in [6.45, 7) is -11.9. The molecule has 12 aromatic rings. The summed E-state index contributed by atoms with van der Waals surface area (Å²) in [5.74, 6) is 0. The average molecular weight is 2060 g/mol. The fourth-order valence-corrected chi connectivity index (χ4v) is 16.5. The minimum Gasteiger partial charge on any atom is -0.195 e. The third-order valence-corrected chi connectivity index (χ3v) is 22.6. The van der Waals surface area contributed by atoms with Crippen molar-refractivity contribution in [2.24, 2.45) is 0 Å². The SMILES string of the molecule is FC(F)(F)c1cc(B(c2ccc([B-](c3ccc(B(c4cc(C(F)(F)F)cc(C(F)(F)F)c4)c4cc(C(F)(F)F)cc(C(F)(F)F)c4)cc3)(c3ccc(B(c4cc(C(F)(F)F)cc(C(F)(F)F)c4)c4cc(C(F)(F)F)cc(C(F)(F)F)c4)cc3)c3ccc(B(c4cc(C(F)(F)F)cc(C(F)(F)F)c4)c4cc(C(F)(F)F)cc(C(F)(F)F)c4)cc3)cc2)c2cc(C(F)(F)F)cc(C(F)(F)F)c2)cc(C(F)(F)F)c1. The van der Waals surface area contributed by atoms with E-state index < -0.39 is 357 Å². The molecule has 0 radical (unpaired) electrons. The number of rotatable bonds is 16. The smallest absolute Gasteiger partial charge is 0.195 e. The van der Waals surface area contributed by atoms with Crippen molar-refractivity contribution in [2.75, 3.05) is 0 Å². The normalized spacial score (nSPS) is 13.7. The van der Waals surface area contributed by atoms with Gasteiger partial charge in [-0.1, -0.05) is 260 Å². The van der Waals surface area contributed by atoms with Gasteiger partial charge in [-0.05, 0) is 48.5 Å². The van der Waals surface area contributed by atoms with Gasteiger partial charge in [0.1, 0.15) is 6.15 Å². The van der Waals surface area contributed by atoms with E-state index in [1.165, 1.54) is 0 Å². The Morgan fingerprint density at radius 3 is 0.255 bits per heavy atom. The number of alkyl halides is 48. The first-order valence-corrected chi connectivity index (χ1v) is 38.8. The molecule has 141 heavy (non-hydrogen) atoms. The van der Waals surface area contributed by atoms with Gasteiger partial charge in [0.25, 0.3) is 0 Å². The maximum atomic E-state index is 15.0. The lowest BCUT2D eigenvalue weighted by Gasteiger charge is -2.45. The van der Waals surface area contributed by atoms with Crippen LogP contribution in [-0.2, 0) is 98.8 Å². The van der Waals surface area contributed by atoms with E-state index in [0.29, 0.717) is 97.1 Å². The van der Waals surface area contributed by atoms with Crippen LogP contribution in [0.5, 0.6) is 0 Å². The molecule has 0 bridgehead atoms. The quantitative estimate of drug-likeness (QED) is 0.0668. The molecule has 53 heteroatoms. The van der Waals surface area contributed by atoms with E-state index in [-0.39, 0.29) is 97.1 Å². The first kappa shape index (κ1) is 107.